The standard InChI is InChI=1S/C34H36N4O3S/c1-34(2,3)30(35)32(39)38-18-22(17-29(38)31-37-28(20-42-31)21-11-5-4-6-12-21)36-33(40)41-19-27-25-15-9-7-13-23(25)24-14-8-10-16-26(24)27/h4-16,20,22,27,29-30H,17-19,35H2,1-3H3,(H,36,40)/t22-,29-,30+/m0/s1. The second-order valence-corrected chi connectivity index (χ2v) is 13.1. The summed E-state index contributed by atoms with van der Waals surface area (Å²) in [7, 11) is 0. The second kappa shape index (κ2) is 11.3. The molecule has 4 aromatic rings. The van der Waals surface area contributed by atoms with E-state index >= 15 is 0 Å². The van der Waals surface area contributed by atoms with Crippen LogP contribution in [0, 0.1) is 5.41 Å². The third kappa shape index (κ3) is 5.44. The fourth-order valence-electron chi connectivity index (χ4n) is 5.96. The first-order chi connectivity index (χ1) is 20.2. The maximum atomic E-state index is 13.7. The van der Waals surface area contributed by atoms with Crippen LogP contribution >= 0.6 is 11.3 Å². The molecule has 1 fully saturated rings. The summed E-state index contributed by atoms with van der Waals surface area (Å²) in [4.78, 5) is 33.4. The molecule has 1 aromatic heterocycles. The van der Waals surface area contributed by atoms with Gasteiger partial charge in [-0.2, -0.15) is 0 Å². The molecule has 2 amide bonds. The highest BCUT2D eigenvalue weighted by Crippen LogP contribution is 2.44. The number of carbonyl (C=O) groups excluding carboxylic acids is 2. The number of aromatic nitrogens is 1. The van der Waals surface area contributed by atoms with E-state index in [-0.39, 0.29) is 30.5 Å². The van der Waals surface area contributed by atoms with E-state index in [4.69, 9.17) is 15.5 Å². The zero-order chi connectivity index (χ0) is 29.4. The Morgan fingerprint density at radius 3 is 2.26 bits per heavy atom. The van der Waals surface area contributed by atoms with Crippen LogP contribution in [-0.2, 0) is 9.53 Å². The smallest absolute Gasteiger partial charge is 0.407 e. The van der Waals surface area contributed by atoms with Crippen molar-refractivity contribution in [3.8, 4) is 22.4 Å². The van der Waals surface area contributed by atoms with Crippen molar-refractivity contribution in [2.45, 2.75) is 51.2 Å². The van der Waals surface area contributed by atoms with Gasteiger partial charge in [0.25, 0.3) is 0 Å². The molecule has 3 aromatic carbocycles. The van der Waals surface area contributed by atoms with Crippen molar-refractivity contribution in [3.05, 3.63) is 100 Å². The van der Waals surface area contributed by atoms with Crippen molar-refractivity contribution in [1.82, 2.24) is 15.2 Å². The van der Waals surface area contributed by atoms with Gasteiger partial charge in [0.1, 0.15) is 11.6 Å². The summed E-state index contributed by atoms with van der Waals surface area (Å²) in [5, 5.41) is 5.88. The van der Waals surface area contributed by atoms with Crippen molar-refractivity contribution in [2.75, 3.05) is 13.2 Å². The number of likely N-dealkylation sites (tertiary alicyclic amines) is 1. The van der Waals surface area contributed by atoms with E-state index < -0.39 is 17.6 Å². The molecule has 3 N–H and O–H groups in total. The number of hydrogen-bond donors (Lipinski definition) is 2. The van der Waals surface area contributed by atoms with Gasteiger partial charge >= 0.3 is 6.09 Å². The number of ether oxygens (including phenoxy) is 1. The van der Waals surface area contributed by atoms with Gasteiger partial charge in [-0.15, -0.1) is 11.3 Å². The Morgan fingerprint density at radius 1 is 1.00 bits per heavy atom. The van der Waals surface area contributed by atoms with Gasteiger partial charge < -0.3 is 20.7 Å². The summed E-state index contributed by atoms with van der Waals surface area (Å²) in [6.45, 7) is 6.47. The number of benzene rings is 3. The predicted octanol–water partition coefficient (Wildman–Crippen LogP) is 6.36. The van der Waals surface area contributed by atoms with Crippen LogP contribution in [0.3, 0.4) is 0 Å². The van der Waals surface area contributed by atoms with Crippen LogP contribution in [0.1, 0.15) is 55.3 Å². The van der Waals surface area contributed by atoms with E-state index in [1.807, 2.05) is 80.7 Å². The Labute approximate surface area is 250 Å². The first-order valence-corrected chi connectivity index (χ1v) is 15.3. The number of nitrogens with two attached hydrogens (primary N) is 1. The minimum atomic E-state index is -0.679. The van der Waals surface area contributed by atoms with E-state index in [1.54, 1.807) is 4.90 Å². The van der Waals surface area contributed by atoms with E-state index in [0.717, 1.165) is 16.3 Å². The van der Waals surface area contributed by atoms with Crippen LogP contribution < -0.4 is 11.1 Å². The minimum Gasteiger partial charge on any atom is -0.449 e. The Bertz CT molecular complexity index is 1550. The lowest BCUT2D eigenvalue weighted by molar-refractivity contribution is -0.136. The number of hydrogen-bond acceptors (Lipinski definition) is 6. The maximum absolute atomic E-state index is 13.7. The molecule has 2 aliphatic rings. The molecule has 0 saturated carbocycles. The fourth-order valence-corrected chi connectivity index (χ4v) is 6.91. The topological polar surface area (TPSA) is 97.6 Å². The summed E-state index contributed by atoms with van der Waals surface area (Å²) in [5.74, 6) is -0.158. The van der Waals surface area contributed by atoms with Gasteiger partial charge in [-0.05, 0) is 34.1 Å². The molecule has 8 heteroatoms. The molecule has 0 radical (unpaired) electrons. The molecule has 0 unspecified atom stereocenters. The molecule has 6 rings (SSSR count). The number of nitrogens with one attached hydrogen (secondary N) is 1. The minimum absolute atomic E-state index is 0.0194. The highest BCUT2D eigenvalue weighted by Gasteiger charge is 2.42. The normalized spacial score (nSPS) is 18.8. The average Bonchev–Trinajstić information content (AvgIpc) is 3.71. The van der Waals surface area contributed by atoms with Crippen LogP contribution in [0.2, 0.25) is 0 Å². The van der Waals surface area contributed by atoms with Gasteiger partial charge in [0.2, 0.25) is 5.91 Å². The molecule has 7 nitrogen and oxygen atoms in total. The van der Waals surface area contributed by atoms with Crippen LogP contribution in [0.5, 0.6) is 0 Å². The summed E-state index contributed by atoms with van der Waals surface area (Å²) in [6, 6.07) is 25.3. The molecule has 42 heavy (non-hydrogen) atoms. The van der Waals surface area contributed by atoms with Crippen molar-refractivity contribution in [2.24, 2.45) is 11.1 Å². The summed E-state index contributed by atoms with van der Waals surface area (Å²) >= 11 is 1.53. The van der Waals surface area contributed by atoms with Gasteiger partial charge in [-0.25, -0.2) is 9.78 Å². The number of rotatable bonds is 6. The van der Waals surface area contributed by atoms with Gasteiger partial charge in [-0.1, -0.05) is 99.6 Å². The van der Waals surface area contributed by atoms with Crippen LogP contribution in [0.15, 0.2) is 84.2 Å². The average molecular weight is 581 g/mol. The molecule has 1 aliphatic carbocycles. The lowest BCUT2D eigenvalue weighted by Gasteiger charge is -2.32. The lowest BCUT2D eigenvalue weighted by atomic mass is 9.86. The Hall–Kier alpha value is -4.01. The molecule has 216 valence electrons. The second-order valence-electron chi connectivity index (χ2n) is 12.2. The van der Waals surface area contributed by atoms with E-state index in [0.29, 0.717) is 13.0 Å². The molecule has 1 saturated heterocycles. The van der Waals surface area contributed by atoms with Crippen molar-refractivity contribution >= 4 is 23.3 Å². The van der Waals surface area contributed by atoms with Gasteiger partial charge in [0.05, 0.1) is 23.8 Å². The molecule has 0 bridgehead atoms. The molecule has 3 atom stereocenters. The van der Waals surface area contributed by atoms with Crippen LogP contribution in [0.4, 0.5) is 4.79 Å². The van der Waals surface area contributed by atoms with E-state index in [9.17, 15) is 9.59 Å². The van der Waals surface area contributed by atoms with E-state index in [2.05, 4.69) is 29.6 Å². The maximum Gasteiger partial charge on any atom is 0.407 e. The van der Waals surface area contributed by atoms with Crippen molar-refractivity contribution in [1.29, 1.82) is 0 Å². The largest absolute Gasteiger partial charge is 0.449 e. The number of fused-ring (bicyclic) bond motifs is 3. The van der Waals surface area contributed by atoms with Crippen molar-refractivity contribution in [3.63, 3.8) is 0 Å². The van der Waals surface area contributed by atoms with E-state index in [1.165, 1.54) is 33.6 Å². The zero-order valence-corrected chi connectivity index (χ0v) is 24.9. The highest BCUT2D eigenvalue weighted by atomic mass is 32.1. The summed E-state index contributed by atoms with van der Waals surface area (Å²) in [6.07, 6.45) is 0.0493. The molecular weight excluding hydrogens is 544 g/mol. The SMILES string of the molecule is CC(C)(C)[C@H](N)C(=O)N1C[C@@H](NC(=O)OCC2c3ccccc3-c3ccccc32)C[C@H]1c1nc(-c2ccccc2)cs1. The van der Waals surface area contributed by atoms with Gasteiger partial charge in [0, 0.05) is 23.4 Å². The Morgan fingerprint density at radius 2 is 1.62 bits per heavy atom. The third-order valence-corrected chi connectivity index (χ3v) is 9.27. The number of alkyl carbamates (subject to hydrolysis) is 1. The lowest BCUT2D eigenvalue weighted by Crippen LogP contribution is -2.51. The van der Waals surface area contributed by atoms with Crippen molar-refractivity contribution < 1.29 is 14.3 Å². The Balaban J connectivity index is 1.17. The van der Waals surface area contributed by atoms with Crippen LogP contribution in [-0.4, -0.2) is 47.1 Å². The van der Waals surface area contributed by atoms with Gasteiger partial charge in [0.15, 0.2) is 0 Å². The number of amides is 2. The monoisotopic (exact) mass is 580 g/mol. The highest BCUT2D eigenvalue weighted by molar-refractivity contribution is 7.10. The predicted molar refractivity (Wildman–Crippen MR) is 166 cm³/mol. The quantitative estimate of drug-likeness (QED) is 0.276. The first-order valence-electron chi connectivity index (χ1n) is 14.4. The third-order valence-electron chi connectivity index (χ3n) is 8.33. The molecular formula is C34H36N4O3S. The Kier molecular flexibility index (Phi) is 7.60. The first kappa shape index (κ1) is 28.1. The molecule has 1 aliphatic heterocycles. The number of carbonyl (C=O) groups is 2. The zero-order valence-electron chi connectivity index (χ0n) is 24.1. The molecule has 2 heterocycles. The van der Waals surface area contributed by atoms with Crippen LogP contribution in [0.25, 0.3) is 22.4 Å². The fraction of sp³-hybridized carbons (Fsp3) is 0.324. The summed E-state index contributed by atoms with van der Waals surface area (Å²) < 4.78 is 5.81. The summed E-state index contributed by atoms with van der Waals surface area (Å²) in [5.41, 5.74) is 12.6. The molecule has 0 spiro atoms. The number of thiazole rings is 1. The number of nitrogens with zero attached hydrogens (tertiary/aromatic N) is 2. The van der Waals surface area contributed by atoms with Gasteiger partial charge in [-0.3, -0.25) is 4.79 Å².